The van der Waals surface area contributed by atoms with E-state index < -0.39 is 54.3 Å². The van der Waals surface area contributed by atoms with E-state index in [4.69, 9.17) is 9.84 Å². The van der Waals surface area contributed by atoms with Crippen LogP contribution in [0.5, 0.6) is 5.75 Å². The van der Waals surface area contributed by atoms with Crippen LogP contribution in [-0.2, 0) is 30.3 Å². The van der Waals surface area contributed by atoms with Crippen LogP contribution in [-0.4, -0.2) is 77.0 Å². The van der Waals surface area contributed by atoms with Gasteiger partial charge in [0, 0.05) is 18.7 Å². The van der Waals surface area contributed by atoms with E-state index in [-0.39, 0.29) is 49.3 Å². The molecule has 0 radical (unpaired) electrons. The first kappa shape index (κ1) is 34.5. The van der Waals surface area contributed by atoms with Gasteiger partial charge in [0.1, 0.15) is 23.9 Å². The lowest BCUT2D eigenvalue weighted by Gasteiger charge is -2.25. The van der Waals surface area contributed by atoms with E-state index in [1.165, 1.54) is 0 Å². The van der Waals surface area contributed by atoms with Gasteiger partial charge in [-0.25, -0.2) is 4.79 Å². The number of carbonyl (C=O) groups is 5. The van der Waals surface area contributed by atoms with Gasteiger partial charge in [-0.05, 0) is 48.8 Å². The Bertz CT molecular complexity index is 1000. The highest BCUT2D eigenvalue weighted by Crippen LogP contribution is 2.11. The van der Waals surface area contributed by atoms with Crippen LogP contribution in [0.4, 0.5) is 4.79 Å². The monoisotopic (exact) mass is 582 g/mol. The highest BCUT2D eigenvalue weighted by molar-refractivity contribution is 7.80. The molecule has 0 saturated heterocycles. The molecule has 0 saturated carbocycles. The minimum atomic E-state index is -1.25. The van der Waals surface area contributed by atoms with Crippen LogP contribution in [0.3, 0.4) is 0 Å². The summed E-state index contributed by atoms with van der Waals surface area (Å²) in [5.41, 5.74) is 0.825. The van der Waals surface area contributed by atoms with Gasteiger partial charge in [0.05, 0.1) is 6.61 Å². The van der Waals surface area contributed by atoms with E-state index in [9.17, 15) is 29.1 Å². The molecule has 224 valence electrons. The molecule has 0 unspecified atom stereocenters. The van der Waals surface area contributed by atoms with Gasteiger partial charge in [-0.1, -0.05) is 39.8 Å². The molecule has 3 atom stereocenters. The number of aromatic hydroxyl groups is 1. The van der Waals surface area contributed by atoms with Crippen LogP contribution in [0, 0.1) is 11.8 Å². The Balaban J connectivity index is 2.85. The molecule has 0 aromatic heterocycles. The number of hydrogen-bond donors (Lipinski definition) is 7. The van der Waals surface area contributed by atoms with Crippen molar-refractivity contribution in [1.29, 1.82) is 0 Å². The van der Waals surface area contributed by atoms with Crippen LogP contribution in [0.15, 0.2) is 24.3 Å². The smallest absolute Gasteiger partial charge is 0.407 e. The SMILES string of the molecule is CC(C)COC(=O)N[C@@H](CCC(=O)O)C(=O)N[C@@H](CC(C)C)C(=O)N[C@@H](CS)C(=O)NCCc1cccc(O)c1. The minimum Gasteiger partial charge on any atom is -0.508 e. The Labute approximate surface area is 240 Å². The highest BCUT2D eigenvalue weighted by Gasteiger charge is 2.30. The zero-order chi connectivity index (χ0) is 30.2. The summed E-state index contributed by atoms with van der Waals surface area (Å²) in [7, 11) is 0. The molecule has 0 fully saturated rings. The quantitative estimate of drug-likeness (QED) is 0.135. The van der Waals surface area contributed by atoms with Crippen LogP contribution in [0.2, 0.25) is 0 Å². The lowest BCUT2D eigenvalue weighted by molar-refractivity contribution is -0.137. The molecule has 0 heterocycles. The van der Waals surface area contributed by atoms with Gasteiger partial charge in [0.15, 0.2) is 0 Å². The van der Waals surface area contributed by atoms with E-state index in [1.54, 1.807) is 18.2 Å². The van der Waals surface area contributed by atoms with Gasteiger partial charge in [-0.3, -0.25) is 19.2 Å². The van der Waals surface area contributed by atoms with Crippen LogP contribution >= 0.6 is 12.6 Å². The Hall–Kier alpha value is -3.48. The third-order valence-electron chi connectivity index (χ3n) is 5.58. The largest absolute Gasteiger partial charge is 0.508 e. The molecule has 13 heteroatoms. The topological polar surface area (TPSA) is 183 Å². The lowest BCUT2D eigenvalue weighted by atomic mass is 10.0. The lowest BCUT2D eigenvalue weighted by Crippen LogP contribution is -2.57. The molecule has 0 spiro atoms. The number of carbonyl (C=O) groups excluding carboxylic acids is 4. The minimum absolute atomic E-state index is 0.00344. The van der Waals surface area contributed by atoms with Crippen molar-refractivity contribution in [2.75, 3.05) is 18.9 Å². The molecule has 40 heavy (non-hydrogen) atoms. The molecule has 1 aromatic rings. The molecule has 1 aromatic carbocycles. The number of carboxylic acid groups (broad SMARTS) is 1. The average molecular weight is 583 g/mol. The fourth-order valence-electron chi connectivity index (χ4n) is 3.57. The number of rotatable bonds is 17. The predicted octanol–water partition coefficient (Wildman–Crippen LogP) is 1.61. The van der Waals surface area contributed by atoms with Crippen molar-refractivity contribution in [1.82, 2.24) is 21.3 Å². The third-order valence-corrected chi connectivity index (χ3v) is 5.95. The van der Waals surface area contributed by atoms with Gasteiger partial charge >= 0.3 is 12.1 Å². The molecule has 1 rings (SSSR count). The van der Waals surface area contributed by atoms with E-state index in [2.05, 4.69) is 33.9 Å². The zero-order valence-electron chi connectivity index (χ0n) is 23.4. The summed E-state index contributed by atoms with van der Waals surface area (Å²) < 4.78 is 5.05. The first-order valence-corrected chi connectivity index (χ1v) is 13.9. The number of benzene rings is 1. The zero-order valence-corrected chi connectivity index (χ0v) is 24.3. The second kappa shape index (κ2) is 18.0. The van der Waals surface area contributed by atoms with Crippen LogP contribution in [0.25, 0.3) is 0 Å². The number of alkyl carbamates (subject to hydrolysis) is 1. The maximum atomic E-state index is 13.1. The van der Waals surface area contributed by atoms with E-state index in [1.807, 2.05) is 33.8 Å². The Kier molecular flexibility index (Phi) is 15.5. The number of hydrogen-bond acceptors (Lipinski definition) is 8. The summed E-state index contributed by atoms with van der Waals surface area (Å²) in [6.45, 7) is 7.74. The second-order valence-electron chi connectivity index (χ2n) is 10.3. The Morgan fingerprint density at radius 1 is 0.900 bits per heavy atom. The Morgan fingerprint density at radius 2 is 1.55 bits per heavy atom. The molecular weight excluding hydrogens is 540 g/mol. The highest BCUT2D eigenvalue weighted by atomic mass is 32.1. The molecule has 12 nitrogen and oxygen atoms in total. The maximum Gasteiger partial charge on any atom is 0.407 e. The number of amides is 4. The molecule has 0 aliphatic rings. The van der Waals surface area contributed by atoms with Crippen molar-refractivity contribution in [3.63, 3.8) is 0 Å². The van der Waals surface area contributed by atoms with Gasteiger partial charge < -0.3 is 36.2 Å². The van der Waals surface area contributed by atoms with Crippen molar-refractivity contribution in [3.8, 4) is 5.75 Å². The van der Waals surface area contributed by atoms with Gasteiger partial charge in [-0.2, -0.15) is 12.6 Å². The number of phenolic OH excluding ortho intramolecular Hbond substituents is 1. The molecule has 0 bridgehead atoms. The molecule has 6 N–H and O–H groups in total. The Morgan fingerprint density at radius 3 is 2.12 bits per heavy atom. The first-order valence-electron chi connectivity index (χ1n) is 13.2. The number of ether oxygens (including phenoxy) is 1. The summed E-state index contributed by atoms with van der Waals surface area (Å²) >= 11 is 4.18. The fourth-order valence-corrected chi connectivity index (χ4v) is 3.83. The number of nitrogens with one attached hydrogen (secondary N) is 4. The van der Waals surface area contributed by atoms with Crippen molar-refractivity contribution in [2.45, 2.75) is 71.5 Å². The van der Waals surface area contributed by atoms with E-state index >= 15 is 0 Å². The van der Waals surface area contributed by atoms with Gasteiger partial charge in [-0.15, -0.1) is 0 Å². The average Bonchev–Trinajstić information content (AvgIpc) is 2.87. The number of aliphatic carboxylic acids is 1. The maximum absolute atomic E-state index is 13.1. The fraction of sp³-hybridized carbons (Fsp3) is 0.593. The van der Waals surface area contributed by atoms with Crippen LogP contribution < -0.4 is 21.3 Å². The van der Waals surface area contributed by atoms with Crippen LogP contribution in [0.1, 0.15) is 52.5 Å². The number of phenols is 1. The van der Waals surface area contributed by atoms with E-state index in [0.29, 0.717) is 6.42 Å². The summed E-state index contributed by atoms with van der Waals surface area (Å²) in [6, 6.07) is 3.35. The first-order chi connectivity index (χ1) is 18.8. The molecule has 4 amide bonds. The third kappa shape index (κ3) is 14.1. The summed E-state index contributed by atoms with van der Waals surface area (Å²) in [4.78, 5) is 62.1. The predicted molar refractivity (Wildman–Crippen MR) is 152 cm³/mol. The summed E-state index contributed by atoms with van der Waals surface area (Å²) in [6.07, 6.45) is -0.798. The molecular formula is C27H42N4O8S. The molecule has 0 aliphatic carbocycles. The van der Waals surface area contributed by atoms with Crippen molar-refractivity contribution >= 4 is 42.4 Å². The van der Waals surface area contributed by atoms with Gasteiger partial charge in [0.2, 0.25) is 17.7 Å². The normalized spacial score (nSPS) is 13.2. The van der Waals surface area contributed by atoms with Crippen molar-refractivity contribution < 1.29 is 38.9 Å². The number of thiol groups is 1. The standard InChI is InChI=1S/C27H42N4O8S/c1-16(2)12-21(29-25(36)20(8-9-23(33)34)31-27(38)39-14-17(3)4)26(37)30-22(15-40)24(35)28-11-10-18-6-5-7-19(32)13-18/h5-7,13,16-17,20-22,32,40H,8-12,14-15H2,1-4H3,(H,28,35)(H,29,36)(H,30,37)(H,31,38)(H,33,34)/t20-,21-,22-/m0/s1. The second-order valence-corrected chi connectivity index (χ2v) is 10.6. The van der Waals surface area contributed by atoms with Crippen molar-refractivity contribution in [2.24, 2.45) is 11.8 Å². The molecule has 0 aliphatic heterocycles. The van der Waals surface area contributed by atoms with Gasteiger partial charge in [0.25, 0.3) is 0 Å². The summed E-state index contributed by atoms with van der Waals surface area (Å²) in [5, 5.41) is 28.9. The summed E-state index contributed by atoms with van der Waals surface area (Å²) in [5.74, 6) is -2.84. The van der Waals surface area contributed by atoms with E-state index in [0.717, 1.165) is 5.56 Å². The van der Waals surface area contributed by atoms with Crippen molar-refractivity contribution in [3.05, 3.63) is 29.8 Å². The number of carboxylic acids is 1.